The van der Waals surface area contributed by atoms with Gasteiger partial charge in [0.2, 0.25) is 17.8 Å². The Bertz CT molecular complexity index is 1130. The molecule has 30 heavy (non-hydrogen) atoms. The lowest BCUT2D eigenvalue weighted by Crippen LogP contribution is -2.29. The molecule has 0 aliphatic carbocycles. The van der Waals surface area contributed by atoms with Gasteiger partial charge in [0, 0.05) is 23.6 Å². The molecule has 0 spiro atoms. The molecular weight excluding hydrogens is 425 g/mol. The smallest absolute Gasteiger partial charge is 0.260 e. The minimum Gasteiger partial charge on any atom is -0.324 e. The maximum atomic E-state index is 12.1. The van der Waals surface area contributed by atoms with Gasteiger partial charge in [-0.15, -0.1) is 17.5 Å². The predicted molar refractivity (Wildman–Crippen MR) is 117 cm³/mol. The van der Waals surface area contributed by atoms with Crippen LogP contribution in [0.4, 0.5) is 11.9 Å². The first-order valence-electron chi connectivity index (χ1n) is 9.22. The molecule has 1 atom stereocenters. The predicted octanol–water partition coefficient (Wildman–Crippen LogP) is 4.06. The molecule has 7 nitrogen and oxygen atoms in total. The van der Waals surface area contributed by atoms with Crippen molar-refractivity contribution in [1.82, 2.24) is 14.8 Å². The zero-order valence-electron chi connectivity index (χ0n) is 15.7. The van der Waals surface area contributed by atoms with Crippen molar-refractivity contribution in [2.75, 3.05) is 10.2 Å². The maximum Gasteiger partial charge on any atom is 0.260 e. The summed E-state index contributed by atoms with van der Waals surface area (Å²) in [4.78, 5) is 29.8. The van der Waals surface area contributed by atoms with Crippen molar-refractivity contribution in [3.63, 3.8) is 0 Å². The fourth-order valence-electron chi connectivity index (χ4n) is 3.56. The van der Waals surface area contributed by atoms with Crippen molar-refractivity contribution in [2.45, 2.75) is 18.9 Å². The van der Waals surface area contributed by atoms with Gasteiger partial charge in [-0.25, -0.2) is 9.58 Å². The second-order valence-corrected chi connectivity index (χ2v) is 7.31. The normalized spacial score (nSPS) is 17.8. The number of halogens is 2. The Hall–Kier alpha value is -3.16. The maximum absolute atomic E-state index is 12.1. The van der Waals surface area contributed by atoms with Crippen molar-refractivity contribution in [3.05, 3.63) is 76.8 Å². The van der Waals surface area contributed by atoms with Gasteiger partial charge in [-0.05, 0) is 29.3 Å². The third-order valence-electron chi connectivity index (χ3n) is 5.00. The van der Waals surface area contributed by atoms with Crippen molar-refractivity contribution < 1.29 is 9.59 Å². The molecule has 152 valence electrons. The topological polar surface area (TPSA) is 80.1 Å². The van der Waals surface area contributed by atoms with Crippen LogP contribution in [0.3, 0.4) is 0 Å². The molecule has 1 fully saturated rings. The molecule has 0 radical (unpaired) electrons. The van der Waals surface area contributed by atoms with Crippen LogP contribution in [0.15, 0.2) is 60.7 Å². The average Bonchev–Trinajstić information content (AvgIpc) is 3.30. The van der Waals surface area contributed by atoms with Gasteiger partial charge in [0.1, 0.15) is 6.04 Å². The van der Waals surface area contributed by atoms with Crippen LogP contribution in [-0.2, 0) is 9.59 Å². The molecule has 2 amide bonds. The van der Waals surface area contributed by atoms with Crippen molar-refractivity contribution in [1.29, 1.82) is 0 Å². The van der Waals surface area contributed by atoms with Crippen molar-refractivity contribution in [2.24, 2.45) is 0 Å². The lowest BCUT2D eigenvalue weighted by atomic mass is 10.0. The Morgan fingerprint density at radius 3 is 2.30 bits per heavy atom. The fourth-order valence-corrected chi connectivity index (χ4v) is 3.69. The van der Waals surface area contributed by atoms with E-state index in [4.69, 9.17) is 11.6 Å². The third-order valence-corrected chi connectivity index (χ3v) is 5.25. The zero-order valence-corrected chi connectivity index (χ0v) is 17.2. The number of allylic oxidation sites excluding steroid dienone is 1. The number of fused-ring (bicyclic) bond motifs is 1. The second-order valence-electron chi connectivity index (χ2n) is 6.87. The van der Waals surface area contributed by atoms with E-state index in [1.54, 1.807) is 4.68 Å². The van der Waals surface area contributed by atoms with Crippen LogP contribution in [0, 0.1) is 0 Å². The van der Waals surface area contributed by atoms with Crippen LogP contribution >= 0.6 is 24.0 Å². The minimum absolute atomic E-state index is 0. The number of anilines is 2. The molecule has 9 heteroatoms. The van der Waals surface area contributed by atoms with E-state index in [9.17, 15) is 9.59 Å². The van der Waals surface area contributed by atoms with E-state index in [1.165, 1.54) is 0 Å². The molecule has 1 unspecified atom stereocenters. The van der Waals surface area contributed by atoms with Gasteiger partial charge < -0.3 is 5.32 Å². The largest absolute Gasteiger partial charge is 0.324 e. The number of benzene rings is 2. The van der Waals surface area contributed by atoms with Crippen LogP contribution in [0.5, 0.6) is 0 Å². The van der Waals surface area contributed by atoms with Crippen LogP contribution in [0.25, 0.3) is 5.70 Å². The molecule has 1 N–H and O–H groups in total. The standard InChI is InChI=1S/C21H16ClN5O2.ClH/c22-15-8-6-14(7-9-15)17-12-16(13-4-2-1-3-5-13)23-20-24-21(25-27(17)20)26-18(28)10-11-19(26)29;/h1-9,12,17H,10-11H2,(H,23,24,25);1H. The number of aromatic nitrogens is 3. The molecule has 0 saturated carbocycles. The number of carbonyl (C=O) groups is 2. The highest BCUT2D eigenvalue weighted by atomic mass is 35.5. The van der Waals surface area contributed by atoms with E-state index < -0.39 is 0 Å². The fraction of sp³-hybridized carbons (Fsp3) is 0.143. The van der Waals surface area contributed by atoms with Gasteiger partial charge in [0.25, 0.3) is 5.95 Å². The first-order valence-corrected chi connectivity index (χ1v) is 9.60. The monoisotopic (exact) mass is 441 g/mol. The number of nitrogens with zero attached hydrogens (tertiary/aromatic N) is 4. The molecular formula is C21H17Cl2N5O2. The summed E-state index contributed by atoms with van der Waals surface area (Å²) in [6, 6.07) is 17.1. The number of imide groups is 1. The van der Waals surface area contributed by atoms with E-state index >= 15 is 0 Å². The SMILES string of the molecule is Cl.O=C1CCC(=O)N1c1nc2n(n1)C(c1ccc(Cl)cc1)C=C(c1ccccc1)N2. The summed E-state index contributed by atoms with van der Waals surface area (Å²) < 4.78 is 1.68. The average molecular weight is 442 g/mol. The van der Waals surface area contributed by atoms with Crippen LogP contribution in [-0.4, -0.2) is 26.6 Å². The molecule has 1 aromatic heterocycles. The Kier molecular flexibility index (Phi) is 5.32. The lowest BCUT2D eigenvalue weighted by molar-refractivity contribution is -0.121. The van der Waals surface area contributed by atoms with E-state index in [0.29, 0.717) is 11.0 Å². The molecule has 2 aromatic carbocycles. The quantitative estimate of drug-likeness (QED) is 0.619. The zero-order chi connectivity index (χ0) is 20.0. The lowest BCUT2D eigenvalue weighted by Gasteiger charge is -2.24. The number of nitrogens with one attached hydrogen (secondary N) is 1. The van der Waals surface area contributed by atoms with Gasteiger partial charge in [-0.1, -0.05) is 54.1 Å². The van der Waals surface area contributed by atoms with Crippen LogP contribution < -0.4 is 10.2 Å². The molecule has 2 aliphatic heterocycles. The molecule has 2 aliphatic rings. The molecule has 5 rings (SSSR count). The highest BCUT2D eigenvalue weighted by Gasteiger charge is 2.35. The number of carbonyl (C=O) groups excluding carboxylic acids is 2. The van der Waals surface area contributed by atoms with E-state index in [0.717, 1.165) is 21.7 Å². The summed E-state index contributed by atoms with van der Waals surface area (Å²) in [5.74, 6) is 0.00458. The Morgan fingerprint density at radius 2 is 1.63 bits per heavy atom. The first-order chi connectivity index (χ1) is 14.1. The highest BCUT2D eigenvalue weighted by molar-refractivity contribution is 6.30. The van der Waals surface area contributed by atoms with Gasteiger partial charge in [-0.2, -0.15) is 4.98 Å². The molecule has 3 aromatic rings. The second kappa shape index (κ2) is 7.93. The first kappa shape index (κ1) is 20.1. The summed E-state index contributed by atoms with van der Waals surface area (Å²) >= 11 is 6.05. The minimum atomic E-state index is -0.280. The highest BCUT2D eigenvalue weighted by Crippen LogP contribution is 2.34. The molecule has 3 heterocycles. The van der Waals surface area contributed by atoms with Gasteiger partial charge in [-0.3, -0.25) is 9.59 Å². The summed E-state index contributed by atoms with van der Waals surface area (Å²) in [5, 5.41) is 8.41. The molecule has 1 saturated heterocycles. The van der Waals surface area contributed by atoms with Gasteiger partial charge >= 0.3 is 0 Å². The van der Waals surface area contributed by atoms with Gasteiger partial charge in [0.05, 0.1) is 0 Å². The summed E-state index contributed by atoms with van der Waals surface area (Å²) in [7, 11) is 0. The van der Waals surface area contributed by atoms with Crippen LogP contribution in [0.1, 0.15) is 30.0 Å². The van der Waals surface area contributed by atoms with E-state index in [2.05, 4.69) is 15.4 Å². The number of amides is 2. The van der Waals surface area contributed by atoms with Crippen molar-refractivity contribution >= 4 is 53.4 Å². The summed E-state index contributed by atoms with van der Waals surface area (Å²) in [6.45, 7) is 0. The Balaban J connectivity index is 0.00000218. The summed E-state index contributed by atoms with van der Waals surface area (Å²) in [6.07, 6.45) is 2.41. The Labute approximate surface area is 183 Å². The summed E-state index contributed by atoms with van der Waals surface area (Å²) in [5.41, 5.74) is 2.83. The van der Waals surface area contributed by atoms with E-state index in [1.807, 2.05) is 60.7 Å². The van der Waals surface area contributed by atoms with Crippen molar-refractivity contribution in [3.8, 4) is 0 Å². The number of hydrogen-bond donors (Lipinski definition) is 1. The third kappa shape index (κ3) is 3.46. The Morgan fingerprint density at radius 1 is 0.967 bits per heavy atom. The number of rotatable bonds is 3. The molecule has 0 bridgehead atoms. The van der Waals surface area contributed by atoms with E-state index in [-0.39, 0.29) is 49.1 Å². The van der Waals surface area contributed by atoms with Crippen LogP contribution in [0.2, 0.25) is 5.02 Å². The number of hydrogen-bond acceptors (Lipinski definition) is 5. The van der Waals surface area contributed by atoms with Gasteiger partial charge in [0.15, 0.2) is 0 Å².